The second kappa shape index (κ2) is 4.51. The molecule has 0 spiro atoms. The lowest BCUT2D eigenvalue weighted by atomic mass is 10.1. The fourth-order valence-electron chi connectivity index (χ4n) is 2.74. The summed E-state index contributed by atoms with van der Waals surface area (Å²) in [6.45, 7) is 2.05. The van der Waals surface area contributed by atoms with E-state index in [0.29, 0.717) is 5.39 Å². The molecule has 0 unspecified atom stereocenters. The van der Waals surface area contributed by atoms with Crippen LogP contribution in [0.5, 0.6) is 0 Å². The zero-order valence-electron chi connectivity index (χ0n) is 10.5. The van der Waals surface area contributed by atoms with Crippen molar-refractivity contribution in [3.05, 3.63) is 36.4 Å². The van der Waals surface area contributed by atoms with Crippen LogP contribution in [0.2, 0.25) is 0 Å². The van der Waals surface area contributed by atoms with Crippen LogP contribution in [0, 0.1) is 0 Å². The largest absolute Gasteiger partial charge is 0.371 e. The molecule has 0 atom stereocenters. The first-order chi connectivity index (χ1) is 9.07. The number of nitrogens with zero attached hydrogens (tertiary/aromatic N) is 1. The van der Waals surface area contributed by atoms with Crippen molar-refractivity contribution < 1.29 is 8.42 Å². The minimum Gasteiger partial charge on any atom is -0.371 e. The quantitative estimate of drug-likeness (QED) is 0.913. The maximum Gasteiger partial charge on any atom is 0.238 e. The first-order valence-corrected chi connectivity index (χ1v) is 7.91. The highest BCUT2D eigenvalue weighted by Gasteiger charge is 2.18. The van der Waals surface area contributed by atoms with Crippen molar-refractivity contribution in [2.24, 2.45) is 5.14 Å². The number of hydrogen-bond acceptors (Lipinski definition) is 3. The zero-order valence-corrected chi connectivity index (χ0v) is 11.4. The minimum absolute atomic E-state index is 0.200. The van der Waals surface area contributed by atoms with Gasteiger partial charge in [-0.15, -0.1) is 0 Å². The molecule has 2 N–H and O–H groups in total. The molecule has 2 aromatic rings. The number of nitrogens with two attached hydrogens (primary N) is 1. The van der Waals surface area contributed by atoms with Crippen molar-refractivity contribution in [3.63, 3.8) is 0 Å². The fraction of sp³-hybridized carbons (Fsp3) is 0.286. The van der Waals surface area contributed by atoms with Crippen molar-refractivity contribution in [3.8, 4) is 0 Å². The molecule has 0 saturated carbocycles. The Bertz CT molecular complexity index is 719. The van der Waals surface area contributed by atoms with Gasteiger partial charge in [0.25, 0.3) is 0 Å². The van der Waals surface area contributed by atoms with Crippen LogP contribution >= 0.6 is 0 Å². The van der Waals surface area contributed by atoms with Crippen LogP contribution in [0.4, 0.5) is 5.69 Å². The molecule has 1 fully saturated rings. The summed E-state index contributed by atoms with van der Waals surface area (Å²) in [7, 11) is -3.69. The van der Waals surface area contributed by atoms with Crippen LogP contribution in [0.25, 0.3) is 10.8 Å². The van der Waals surface area contributed by atoms with Gasteiger partial charge in [-0.25, -0.2) is 13.6 Å². The molecule has 2 aromatic carbocycles. The van der Waals surface area contributed by atoms with Gasteiger partial charge >= 0.3 is 0 Å². The molecule has 4 nitrogen and oxygen atoms in total. The molecular formula is C14H16N2O2S. The van der Waals surface area contributed by atoms with E-state index in [1.807, 2.05) is 30.3 Å². The smallest absolute Gasteiger partial charge is 0.238 e. The molecule has 3 rings (SSSR count). The van der Waals surface area contributed by atoms with Gasteiger partial charge in [-0.1, -0.05) is 24.3 Å². The third kappa shape index (κ3) is 2.19. The zero-order chi connectivity index (χ0) is 13.5. The molecule has 1 aliphatic rings. The molecule has 0 amide bonds. The van der Waals surface area contributed by atoms with Gasteiger partial charge in [-0.05, 0) is 25.0 Å². The number of primary sulfonamides is 1. The topological polar surface area (TPSA) is 63.4 Å². The van der Waals surface area contributed by atoms with Gasteiger partial charge in [0.05, 0.1) is 4.90 Å². The SMILES string of the molecule is NS(=O)(=O)c1ccc(N2CCCC2)c2ccccc12. The molecule has 1 heterocycles. The highest BCUT2D eigenvalue weighted by Crippen LogP contribution is 2.32. The molecule has 0 aromatic heterocycles. The van der Waals surface area contributed by atoms with E-state index >= 15 is 0 Å². The van der Waals surface area contributed by atoms with E-state index in [1.54, 1.807) is 6.07 Å². The van der Waals surface area contributed by atoms with E-state index in [0.717, 1.165) is 24.2 Å². The maximum atomic E-state index is 11.6. The van der Waals surface area contributed by atoms with E-state index in [-0.39, 0.29) is 4.90 Å². The van der Waals surface area contributed by atoms with Gasteiger partial charge in [0.1, 0.15) is 0 Å². The Kier molecular flexibility index (Phi) is 2.95. The molecule has 1 saturated heterocycles. The predicted octanol–water partition coefficient (Wildman–Crippen LogP) is 2.09. The molecule has 100 valence electrons. The van der Waals surface area contributed by atoms with Crippen molar-refractivity contribution >= 4 is 26.5 Å². The molecule has 0 bridgehead atoms. The van der Waals surface area contributed by atoms with E-state index in [9.17, 15) is 8.42 Å². The van der Waals surface area contributed by atoms with Gasteiger partial charge < -0.3 is 4.90 Å². The van der Waals surface area contributed by atoms with Crippen molar-refractivity contribution in [2.45, 2.75) is 17.7 Å². The van der Waals surface area contributed by atoms with Gasteiger partial charge in [0.2, 0.25) is 10.0 Å². The molecular weight excluding hydrogens is 260 g/mol. The molecule has 1 aliphatic heterocycles. The molecule has 19 heavy (non-hydrogen) atoms. The summed E-state index contributed by atoms with van der Waals surface area (Å²) in [5.41, 5.74) is 1.10. The normalized spacial score (nSPS) is 16.2. The Morgan fingerprint density at radius 3 is 2.21 bits per heavy atom. The summed E-state index contributed by atoms with van der Waals surface area (Å²) in [4.78, 5) is 2.50. The number of rotatable bonds is 2. The number of benzene rings is 2. The lowest BCUT2D eigenvalue weighted by molar-refractivity contribution is 0.598. The lowest BCUT2D eigenvalue weighted by Gasteiger charge is -2.20. The minimum atomic E-state index is -3.69. The maximum absolute atomic E-state index is 11.6. The fourth-order valence-corrected chi connectivity index (χ4v) is 3.48. The standard InChI is InChI=1S/C14H16N2O2S/c15-19(17,18)14-8-7-13(16-9-3-4-10-16)11-5-1-2-6-12(11)14/h1-2,5-8H,3-4,9-10H2,(H2,15,17,18). The Balaban J connectivity index is 2.27. The van der Waals surface area contributed by atoms with Crippen molar-refractivity contribution in [1.82, 2.24) is 0 Å². The number of hydrogen-bond donors (Lipinski definition) is 1. The second-order valence-electron chi connectivity index (χ2n) is 4.87. The molecule has 0 aliphatic carbocycles. The molecule has 0 radical (unpaired) electrons. The number of sulfonamides is 1. The summed E-state index contributed by atoms with van der Waals surface area (Å²) in [6.07, 6.45) is 2.37. The van der Waals surface area contributed by atoms with E-state index < -0.39 is 10.0 Å². The van der Waals surface area contributed by atoms with Crippen molar-refractivity contribution in [2.75, 3.05) is 18.0 Å². The van der Waals surface area contributed by atoms with E-state index in [4.69, 9.17) is 5.14 Å². The van der Waals surface area contributed by atoms with Crippen LogP contribution < -0.4 is 10.0 Å². The highest BCUT2D eigenvalue weighted by atomic mass is 32.2. The Hall–Kier alpha value is -1.59. The Morgan fingerprint density at radius 2 is 1.58 bits per heavy atom. The Labute approximate surface area is 112 Å². The van der Waals surface area contributed by atoms with Gasteiger partial charge in [-0.3, -0.25) is 0 Å². The molecule has 5 heteroatoms. The third-order valence-corrected chi connectivity index (χ3v) is 4.58. The van der Waals surface area contributed by atoms with Gasteiger partial charge in [0.15, 0.2) is 0 Å². The van der Waals surface area contributed by atoms with Gasteiger partial charge in [0, 0.05) is 29.5 Å². The Morgan fingerprint density at radius 1 is 0.947 bits per heavy atom. The summed E-state index contributed by atoms with van der Waals surface area (Å²) in [5.74, 6) is 0. The summed E-state index contributed by atoms with van der Waals surface area (Å²) in [6, 6.07) is 11.0. The first-order valence-electron chi connectivity index (χ1n) is 6.37. The summed E-state index contributed by atoms with van der Waals surface area (Å²) < 4.78 is 23.3. The van der Waals surface area contributed by atoms with Crippen LogP contribution in [0.1, 0.15) is 12.8 Å². The lowest BCUT2D eigenvalue weighted by Crippen LogP contribution is -2.19. The highest BCUT2D eigenvalue weighted by molar-refractivity contribution is 7.89. The van der Waals surface area contributed by atoms with Crippen LogP contribution in [0.15, 0.2) is 41.3 Å². The van der Waals surface area contributed by atoms with Crippen LogP contribution in [-0.4, -0.2) is 21.5 Å². The van der Waals surface area contributed by atoms with Crippen LogP contribution in [-0.2, 0) is 10.0 Å². The van der Waals surface area contributed by atoms with Crippen LogP contribution in [0.3, 0.4) is 0 Å². The van der Waals surface area contributed by atoms with Crippen molar-refractivity contribution in [1.29, 1.82) is 0 Å². The monoisotopic (exact) mass is 276 g/mol. The number of anilines is 1. The summed E-state index contributed by atoms with van der Waals surface area (Å²) >= 11 is 0. The van der Waals surface area contributed by atoms with Gasteiger partial charge in [-0.2, -0.15) is 0 Å². The average Bonchev–Trinajstić information content (AvgIpc) is 2.90. The third-order valence-electron chi connectivity index (χ3n) is 3.61. The number of fused-ring (bicyclic) bond motifs is 1. The summed E-state index contributed by atoms with van der Waals surface area (Å²) in [5, 5.41) is 6.94. The van der Waals surface area contributed by atoms with E-state index in [1.165, 1.54) is 12.8 Å². The predicted molar refractivity (Wildman–Crippen MR) is 76.8 cm³/mol. The first kappa shape index (κ1) is 12.4. The second-order valence-corrected chi connectivity index (χ2v) is 6.40. The average molecular weight is 276 g/mol. The van der Waals surface area contributed by atoms with E-state index in [2.05, 4.69) is 4.90 Å².